The Bertz CT molecular complexity index is 786. The van der Waals surface area contributed by atoms with Crippen LogP contribution in [0.1, 0.15) is 49.1 Å². The maximum Gasteiger partial charge on any atom is 0.230 e. The lowest BCUT2D eigenvalue weighted by atomic mass is 9.75. The average molecular weight is 384 g/mol. The first-order valence-corrected chi connectivity index (χ1v) is 10.2. The molecule has 4 rings (SSSR count). The second-order valence-corrected chi connectivity index (χ2v) is 8.47. The molecular formula is C23H26ClNO2. The van der Waals surface area contributed by atoms with Crippen LogP contribution in [0.4, 0.5) is 0 Å². The van der Waals surface area contributed by atoms with Crippen LogP contribution in [0.3, 0.4) is 0 Å². The molecular weight excluding hydrogens is 358 g/mol. The van der Waals surface area contributed by atoms with Gasteiger partial charge in [-0.15, -0.1) is 0 Å². The quantitative estimate of drug-likeness (QED) is 0.802. The molecule has 0 aromatic heterocycles. The SMILES string of the molecule is O=C(NC1CCC(c2ccccc2)CC1CO)C1(c2ccc(Cl)cc2)CC1. The van der Waals surface area contributed by atoms with Gasteiger partial charge in [-0.3, -0.25) is 4.79 Å². The van der Waals surface area contributed by atoms with Crippen LogP contribution in [0, 0.1) is 5.92 Å². The molecule has 2 saturated carbocycles. The predicted molar refractivity (Wildman–Crippen MR) is 108 cm³/mol. The molecule has 0 bridgehead atoms. The van der Waals surface area contributed by atoms with E-state index in [4.69, 9.17) is 11.6 Å². The summed E-state index contributed by atoms with van der Waals surface area (Å²) in [5.74, 6) is 0.669. The van der Waals surface area contributed by atoms with E-state index in [0.717, 1.165) is 37.7 Å². The van der Waals surface area contributed by atoms with Gasteiger partial charge >= 0.3 is 0 Å². The highest BCUT2D eigenvalue weighted by atomic mass is 35.5. The summed E-state index contributed by atoms with van der Waals surface area (Å²) in [7, 11) is 0. The summed E-state index contributed by atoms with van der Waals surface area (Å²) in [6.45, 7) is 0.113. The third kappa shape index (κ3) is 3.76. The van der Waals surface area contributed by atoms with Crippen molar-refractivity contribution in [3.8, 4) is 0 Å². The van der Waals surface area contributed by atoms with Gasteiger partial charge in [-0.05, 0) is 61.3 Å². The molecule has 2 aromatic carbocycles. The summed E-state index contributed by atoms with van der Waals surface area (Å²) in [6.07, 6.45) is 4.62. The van der Waals surface area contributed by atoms with Gasteiger partial charge in [0.1, 0.15) is 0 Å². The number of benzene rings is 2. The van der Waals surface area contributed by atoms with Crippen LogP contribution in [0.25, 0.3) is 0 Å². The Kier molecular flexibility index (Phi) is 5.25. The van der Waals surface area contributed by atoms with E-state index in [-0.39, 0.29) is 24.5 Å². The Hall–Kier alpha value is -1.84. The first kappa shape index (κ1) is 18.5. The molecule has 3 nitrogen and oxygen atoms in total. The maximum atomic E-state index is 13.1. The Morgan fingerprint density at radius 2 is 1.78 bits per heavy atom. The summed E-state index contributed by atoms with van der Waals surface area (Å²) in [5, 5.41) is 13.9. The van der Waals surface area contributed by atoms with Crippen molar-refractivity contribution in [2.75, 3.05) is 6.61 Å². The second kappa shape index (κ2) is 7.65. The van der Waals surface area contributed by atoms with Crippen molar-refractivity contribution in [2.24, 2.45) is 5.92 Å². The molecule has 2 aromatic rings. The van der Waals surface area contributed by atoms with E-state index < -0.39 is 5.41 Å². The number of carbonyl (C=O) groups is 1. The highest BCUT2D eigenvalue weighted by molar-refractivity contribution is 6.30. The van der Waals surface area contributed by atoms with E-state index in [1.165, 1.54) is 5.56 Å². The second-order valence-electron chi connectivity index (χ2n) is 8.03. The number of aliphatic hydroxyl groups excluding tert-OH is 1. The molecule has 27 heavy (non-hydrogen) atoms. The highest BCUT2D eigenvalue weighted by Gasteiger charge is 2.52. The largest absolute Gasteiger partial charge is 0.396 e. The van der Waals surface area contributed by atoms with Gasteiger partial charge in [0.25, 0.3) is 0 Å². The first-order chi connectivity index (χ1) is 13.1. The fourth-order valence-electron chi connectivity index (χ4n) is 4.53. The molecule has 3 unspecified atom stereocenters. The smallest absolute Gasteiger partial charge is 0.230 e. The zero-order chi connectivity index (χ0) is 18.9. The minimum absolute atomic E-state index is 0.0484. The number of amides is 1. The molecule has 142 valence electrons. The van der Waals surface area contributed by atoms with Crippen LogP contribution in [-0.2, 0) is 10.2 Å². The molecule has 0 heterocycles. The third-order valence-electron chi connectivity index (χ3n) is 6.39. The summed E-state index contributed by atoms with van der Waals surface area (Å²) in [6, 6.07) is 18.2. The predicted octanol–water partition coefficient (Wildman–Crippen LogP) is 4.43. The Morgan fingerprint density at radius 3 is 2.41 bits per heavy atom. The van der Waals surface area contributed by atoms with E-state index in [1.807, 2.05) is 30.3 Å². The lowest BCUT2D eigenvalue weighted by molar-refractivity contribution is -0.125. The van der Waals surface area contributed by atoms with Crippen molar-refractivity contribution < 1.29 is 9.90 Å². The van der Waals surface area contributed by atoms with Gasteiger partial charge in [-0.25, -0.2) is 0 Å². The number of rotatable bonds is 5. The van der Waals surface area contributed by atoms with Gasteiger partial charge in [0.05, 0.1) is 5.41 Å². The fourth-order valence-corrected chi connectivity index (χ4v) is 4.66. The van der Waals surface area contributed by atoms with E-state index >= 15 is 0 Å². The van der Waals surface area contributed by atoms with Crippen LogP contribution in [0.15, 0.2) is 54.6 Å². The molecule has 1 amide bonds. The molecule has 2 aliphatic carbocycles. The average Bonchev–Trinajstić information content (AvgIpc) is 3.51. The number of carbonyl (C=O) groups excluding carboxylic acids is 1. The normalized spacial score (nSPS) is 26.4. The van der Waals surface area contributed by atoms with Crippen LogP contribution in [0.5, 0.6) is 0 Å². The minimum atomic E-state index is -0.402. The molecule has 2 N–H and O–H groups in total. The number of hydrogen-bond acceptors (Lipinski definition) is 2. The summed E-state index contributed by atoms with van der Waals surface area (Å²) in [5.41, 5.74) is 1.98. The summed E-state index contributed by atoms with van der Waals surface area (Å²) >= 11 is 5.99. The van der Waals surface area contributed by atoms with E-state index in [0.29, 0.717) is 10.9 Å². The van der Waals surface area contributed by atoms with E-state index in [9.17, 15) is 9.90 Å². The molecule has 4 heteroatoms. The topological polar surface area (TPSA) is 49.3 Å². The molecule has 0 saturated heterocycles. The number of nitrogens with one attached hydrogen (secondary N) is 1. The fraction of sp³-hybridized carbons (Fsp3) is 0.435. The lowest BCUT2D eigenvalue weighted by Gasteiger charge is -2.36. The Balaban J connectivity index is 1.43. The Labute approximate surface area is 165 Å². The monoisotopic (exact) mass is 383 g/mol. The van der Waals surface area contributed by atoms with Crippen LogP contribution in [0.2, 0.25) is 5.02 Å². The van der Waals surface area contributed by atoms with Crippen molar-refractivity contribution in [3.63, 3.8) is 0 Å². The van der Waals surface area contributed by atoms with Crippen molar-refractivity contribution in [2.45, 2.75) is 49.5 Å². The zero-order valence-electron chi connectivity index (χ0n) is 15.4. The van der Waals surface area contributed by atoms with Gasteiger partial charge in [0, 0.05) is 23.6 Å². The molecule has 2 aliphatic rings. The third-order valence-corrected chi connectivity index (χ3v) is 6.64. The summed E-state index contributed by atoms with van der Waals surface area (Å²) < 4.78 is 0. The van der Waals surface area contributed by atoms with Gasteiger partial charge in [-0.2, -0.15) is 0 Å². The molecule has 0 aliphatic heterocycles. The molecule has 0 spiro atoms. The molecule has 2 fully saturated rings. The Morgan fingerprint density at radius 1 is 1.07 bits per heavy atom. The van der Waals surface area contributed by atoms with Crippen LogP contribution < -0.4 is 5.32 Å². The van der Waals surface area contributed by atoms with Gasteiger partial charge in [0.2, 0.25) is 5.91 Å². The highest BCUT2D eigenvalue weighted by Crippen LogP contribution is 2.49. The zero-order valence-corrected chi connectivity index (χ0v) is 16.2. The lowest BCUT2D eigenvalue weighted by Crippen LogP contribution is -2.48. The van der Waals surface area contributed by atoms with Crippen LogP contribution in [-0.4, -0.2) is 23.7 Å². The maximum absolute atomic E-state index is 13.1. The van der Waals surface area contributed by atoms with Gasteiger partial charge in [-0.1, -0.05) is 54.1 Å². The van der Waals surface area contributed by atoms with Crippen molar-refractivity contribution >= 4 is 17.5 Å². The van der Waals surface area contributed by atoms with Gasteiger partial charge in [0.15, 0.2) is 0 Å². The number of aliphatic hydroxyl groups is 1. The molecule has 0 radical (unpaired) electrons. The standard InChI is InChI=1S/C23H26ClNO2/c24-20-9-7-19(8-10-20)23(12-13-23)22(27)25-21-11-6-17(14-18(21)15-26)16-4-2-1-3-5-16/h1-5,7-10,17-18,21,26H,6,11-15H2,(H,25,27). The van der Waals surface area contributed by atoms with Crippen molar-refractivity contribution in [1.82, 2.24) is 5.32 Å². The van der Waals surface area contributed by atoms with E-state index in [1.54, 1.807) is 0 Å². The van der Waals surface area contributed by atoms with Crippen molar-refractivity contribution in [3.05, 3.63) is 70.7 Å². The first-order valence-electron chi connectivity index (χ1n) is 9.85. The van der Waals surface area contributed by atoms with Crippen LogP contribution >= 0.6 is 11.6 Å². The van der Waals surface area contributed by atoms with E-state index in [2.05, 4.69) is 29.6 Å². The summed E-state index contributed by atoms with van der Waals surface area (Å²) in [4.78, 5) is 13.1. The molecule has 3 atom stereocenters. The van der Waals surface area contributed by atoms with Crippen molar-refractivity contribution in [1.29, 1.82) is 0 Å². The number of halogens is 1. The van der Waals surface area contributed by atoms with Gasteiger partial charge < -0.3 is 10.4 Å². The minimum Gasteiger partial charge on any atom is -0.396 e. The number of hydrogen-bond donors (Lipinski definition) is 2.